The van der Waals surface area contributed by atoms with Crippen LogP contribution in [0.15, 0.2) is 205 Å². The highest BCUT2D eigenvalue weighted by molar-refractivity contribution is 7.25. The lowest BCUT2D eigenvalue weighted by Gasteiger charge is -2.15. The van der Waals surface area contributed by atoms with E-state index in [1.807, 2.05) is 24.3 Å². The molecule has 0 atom stereocenters. The van der Waals surface area contributed by atoms with Crippen LogP contribution >= 0.6 is 11.3 Å². The fraction of sp³-hybridized carbons (Fsp3) is 0. The zero-order chi connectivity index (χ0) is 41.9. The molecule has 298 valence electrons. The Morgan fingerprint density at radius 1 is 0.359 bits per heavy atom. The third kappa shape index (κ3) is 5.16. The third-order valence-electron chi connectivity index (χ3n) is 12.7. The predicted molar refractivity (Wildman–Crippen MR) is 265 cm³/mol. The van der Waals surface area contributed by atoms with Crippen LogP contribution in [0.3, 0.4) is 0 Å². The molecule has 5 aromatic heterocycles. The Balaban J connectivity index is 1.10. The monoisotopic (exact) mass is 835 g/mol. The topological polar surface area (TPSA) is 61.7 Å². The maximum absolute atomic E-state index is 6.82. The summed E-state index contributed by atoms with van der Waals surface area (Å²) in [4.78, 5) is 15.7. The fourth-order valence-corrected chi connectivity index (χ4v) is 11.1. The molecule has 0 unspecified atom stereocenters. The predicted octanol–water partition coefficient (Wildman–Crippen LogP) is 15.3. The minimum atomic E-state index is 0.563. The first-order valence-electron chi connectivity index (χ1n) is 21.4. The van der Waals surface area contributed by atoms with E-state index in [1.54, 1.807) is 11.3 Å². The summed E-state index contributed by atoms with van der Waals surface area (Å²) in [5, 5.41) is 9.27. The largest absolute Gasteiger partial charge is 0.456 e. The van der Waals surface area contributed by atoms with Crippen LogP contribution in [0.1, 0.15) is 0 Å². The van der Waals surface area contributed by atoms with Gasteiger partial charge in [0, 0.05) is 69.5 Å². The molecular weight excluding hydrogens is 803 g/mol. The molecule has 6 nitrogen and oxygen atoms in total. The molecule has 64 heavy (non-hydrogen) atoms. The first-order chi connectivity index (χ1) is 31.7. The van der Waals surface area contributed by atoms with Crippen molar-refractivity contribution in [1.82, 2.24) is 24.1 Å². The normalized spacial score (nSPS) is 12.1. The summed E-state index contributed by atoms with van der Waals surface area (Å²) in [6.45, 7) is 0. The van der Waals surface area contributed by atoms with Gasteiger partial charge in [-0.1, -0.05) is 146 Å². The number of para-hydroxylation sites is 4. The van der Waals surface area contributed by atoms with Crippen LogP contribution in [0, 0.1) is 0 Å². The SMILES string of the molecule is c1ccc(-c2nc(-c3cc(-n4c5ccccc5c5ccc6c7ccccc7n(-c7ccccc7)c6c54)c4c(c3)oc3ccccc34)nc(-c3ccc4c(c3)sc3ccccc34)n2)cc1. The maximum Gasteiger partial charge on any atom is 0.164 e. The second-order valence-corrected chi connectivity index (χ2v) is 17.4. The summed E-state index contributed by atoms with van der Waals surface area (Å²) in [6.07, 6.45) is 0. The van der Waals surface area contributed by atoms with E-state index in [-0.39, 0.29) is 0 Å². The number of furan rings is 1. The number of aromatic nitrogens is 5. The van der Waals surface area contributed by atoms with Crippen LogP contribution in [0.2, 0.25) is 0 Å². The average Bonchev–Trinajstić information content (AvgIpc) is 4.11. The molecular formula is C57H33N5OS. The Kier molecular flexibility index (Phi) is 7.46. The zero-order valence-electron chi connectivity index (χ0n) is 34.1. The highest BCUT2D eigenvalue weighted by atomic mass is 32.1. The Morgan fingerprint density at radius 2 is 0.906 bits per heavy atom. The molecule has 0 amide bonds. The van der Waals surface area contributed by atoms with Crippen molar-refractivity contribution in [3.8, 4) is 45.5 Å². The van der Waals surface area contributed by atoms with Crippen molar-refractivity contribution >= 4 is 97.1 Å². The van der Waals surface area contributed by atoms with Crippen LogP contribution in [-0.4, -0.2) is 24.1 Å². The van der Waals surface area contributed by atoms with Gasteiger partial charge in [0.1, 0.15) is 11.2 Å². The van der Waals surface area contributed by atoms with Gasteiger partial charge in [-0.2, -0.15) is 0 Å². The average molecular weight is 836 g/mol. The van der Waals surface area contributed by atoms with Crippen LogP contribution in [-0.2, 0) is 0 Å². The lowest BCUT2D eigenvalue weighted by Crippen LogP contribution is -2.02. The Morgan fingerprint density at radius 3 is 1.66 bits per heavy atom. The number of nitrogens with zero attached hydrogens (tertiary/aromatic N) is 5. The van der Waals surface area contributed by atoms with Gasteiger partial charge in [-0.25, -0.2) is 15.0 Å². The molecule has 0 fully saturated rings. The standard InChI is InChI=1S/C57H33N5OS/c1-3-15-34(16-4-1)55-58-56(35-27-28-41-40-21-10-14-26-50(40)64-51(41)33-35)60-57(59-55)36-31-47(52-44-22-9-13-25-48(44)63-49(52)32-36)62-46-24-12-8-20-39(46)43-30-29-42-38-19-7-11-23-45(38)61(53(42)54(43)62)37-17-5-2-6-18-37/h1-33H. The van der Waals surface area contributed by atoms with Crippen LogP contribution in [0.25, 0.3) is 131 Å². The Hall–Kier alpha value is -8.39. The van der Waals surface area contributed by atoms with E-state index in [0.717, 1.165) is 72.1 Å². The van der Waals surface area contributed by atoms with Gasteiger partial charge < -0.3 is 13.6 Å². The van der Waals surface area contributed by atoms with Gasteiger partial charge >= 0.3 is 0 Å². The third-order valence-corrected chi connectivity index (χ3v) is 13.9. The van der Waals surface area contributed by atoms with E-state index in [4.69, 9.17) is 19.4 Å². The maximum atomic E-state index is 6.82. The molecule has 0 saturated carbocycles. The fourth-order valence-electron chi connectivity index (χ4n) is 9.95. The van der Waals surface area contributed by atoms with Crippen molar-refractivity contribution in [2.24, 2.45) is 0 Å². The van der Waals surface area contributed by atoms with E-state index in [1.165, 1.54) is 41.7 Å². The first-order valence-corrected chi connectivity index (χ1v) is 22.3. The van der Waals surface area contributed by atoms with E-state index in [0.29, 0.717) is 17.5 Å². The van der Waals surface area contributed by atoms with E-state index < -0.39 is 0 Å². The summed E-state index contributed by atoms with van der Waals surface area (Å²) < 4.78 is 14.2. The van der Waals surface area contributed by atoms with Crippen molar-refractivity contribution in [1.29, 1.82) is 0 Å². The second kappa shape index (κ2) is 13.6. The molecule has 5 heterocycles. The number of benzene rings is 9. The van der Waals surface area contributed by atoms with Crippen molar-refractivity contribution in [3.05, 3.63) is 200 Å². The summed E-state index contributed by atoms with van der Waals surface area (Å²) in [7, 11) is 0. The summed E-state index contributed by atoms with van der Waals surface area (Å²) >= 11 is 1.79. The van der Waals surface area contributed by atoms with Gasteiger partial charge in [0.25, 0.3) is 0 Å². The van der Waals surface area contributed by atoms with E-state index in [2.05, 4.69) is 185 Å². The highest BCUT2D eigenvalue weighted by Crippen LogP contribution is 2.45. The molecule has 0 aliphatic heterocycles. The highest BCUT2D eigenvalue weighted by Gasteiger charge is 2.25. The summed E-state index contributed by atoms with van der Waals surface area (Å²) in [5.41, 5.74) is 10.8. The zero-order valence-corrected chi connectivity index (χ0v) is 34.9. The molecule has 9 aromatic carbocycles. The van der Waals surface area contributed by atoms with Crippen LogP contribution in [0.5, 0.6) is 0 Å². The van der Waals surface area contributed by atoms with Gasteiger partial charge in [0.15, 0.2) is 17.5 Å². The smallest absolute Gasteiger partial charge is 0.164 e. The van der Waals surface area contributed by atoms with Gasteiger partial charge in [-0.15, -0.1) is 11.3 Å². The van der Waals surface area contributed by atoms with Crippen LogP contribution < -0.4 is 0 Å². The number of hydrogen-bond acceptors (Lipinski definition) is 5. The first kappa shape index (κ1) is 35.2. The second-order valence-electron chi connectivity index (χ2n) is 16.3. The van der Waals surface area contributed by atoms with Gasteiger partial charge in [0.2, 0.25) is 0 Å². The van der Waals surface area contributed by atoms with E-state index in [9.17, 15) is 0 Å². The van der Waals surface area contributed by atoms with E-state index >= 15 is 0 Å². The van der Waals surface area contributed by atoms with Crippen LogP contribution in [0.4, 0.5) is 0 Å². The van der Waals surface area contributed by atoms with Gasteiger partial charge in [-0.05, 0) is 54.6 Å². The molecule has 0 N–H and O–H groups in total. The minimum Gasteiger partial charge on any atom is -0.456 e. The summed E-state index contributed by atoms with van der Waals surface area (Å²) in [5.74, 6) is 1.78. The molecule has 0 radical (unpaired) electrons. The minimum absolute atomic E-state index is 0.563. The Labute approximate surface area is 369 Å². The number of rotatable bonds is 5. The van der Waals surface area contributed by atoms with Gasteiger partial charge in [-0.3, -0.25) is 0 Å². The molecule has 14 rings (SSSR count). The molecule has 0 aliphatic carbocycles. The Bertz CT molecular complexity index is 4200. The van der Waals surface area contributed by atoms with Crippen molar-refractivity contribution in [2.75, 3.05) is 0 Å². The molecule has 14 aromatic rings. The molecule has 0 saturated heterocycles. The number of thiophene rings is 1. The lowest BCUT2D eigenvalue weighted by molar-refractivity contribution is 0.669. The number of hydrogen-bond donors (Lipinski definition) is 0. The van der Waals surface area contributed by atoms with Crippen molar-refractivity contribution in [2.45, 2.75) is 0 Å². The van der Waals surface area contributed by atoms with Crippen molar-refractivity contribution in [3.63, 3.8) is 0 Å². The lowest BCUT2D eigenvalue weighted by atomic mass is 10.1. The quantitative estimate of drug-likeness (QED) is 0.173. The molecule has 7 heteroatoms. The van der Waals surface area contributed by atoms with Gasteiger partial charge in [0.05, 0.1) is 33.1 Å². The summed E-state index contributed by atoms with van der Waals surface area (Å²) in [6, 6.07) is 70.8. The molecule has 0 bridgehead atoms. The molecule has 0 aliphatic rings. The van der Waals surface area contributed by atoms with Crippen molar-refractivity contribution < 1.29 is 4.42 Å². The molecule has 0 spiro atoms. The number of fused-ring (bicyclic) bond motifs is 13.